The summed E-state index contributed by atoms with van der Waals surface area (Å²) >= 11 is 14.0. The van der Waals surface area contributed by atoms with Gasteiger partial charge in [-0.2, -0.15) is 0 Å². The first-order valence-electron chi connectivity index (χ1n) is 12.1. The number of hydrogen-bond acceptors (Lipinski definition) is 5. The van der Waals surface area contributed by atoms with E-state index in [9.17, 15) is 9.59 Å². The van der Waals surface area contributed by atoms with Crippen LogP contribution in [-0.4, -0.2) is 52.3 Å². The number of likely N-dealkylation sites (tertiary alicyclic amines) is 1. The Balaban J connectivity index is 1.34. The van der Waals surface area contributed by atoms with E-state index in [0.717, 1.165) is 38.2 Å². The van der Waals surface area contributed by atoms with Crippen LogP contribution in [0.2, 0.25) is 10.0 Å². The molecule has 1 amide bonds. The van der Waals surface area contributed by atoms with Crippen molar-refractivity contribution in [1.82, 2.24) is 19.8 Å². The molecule has 4 rings (SSSR count). The first kappa shape index (κ1) is 26.0. The van der Waals surface area contributed by atoms with Gasteiger partial charge in [0.05, 0.1) is 21.6 Å². The lowest BCUT2D eigenvalue weighted by molar-refractivity contribution is -0.121. The molecule has 1 aliphatic heterocycles. The number of halogens is 2. The van der Waals surface area contributed by atoms with Crippen LogP contribution in [0.3, 0.4) is 0 Å². The van der Waals surface area contributed by atoms with Crippen molar-refractivity contribution in [2.24, 2.45) is 0 Å². The second-order valence-electron chi connectivity index (χ2n) is 8.71. The summed E-state index contributed by atoms with van der Waals surface area (Å²) in [6, 6.07) is 12.4. The Bertz CT molecular complexity index is 1230. The molecule has 186 valence electrons. The molecule has 6 nitrogen and oxygen atoms in total. The molecule has 3 aromatic rings. The van der Waals surface area contributed by atoms with E-state index in [1.54, 1.807) is 28.8 Å². The van der Waals surface area contributed by atoms with Crippen molar-refractivity contribution in [2.75, 3.05) is 31.9 Å². The predicted octanol–water partition coefficient (Wildman–Crippen LogP) is 5.56. The highest BCUT2D eigenvalue weighted by atomic mass is 35.5. The lowest BCUT2D eigenvalue weighted by Gasteiger charge is -2.26. The monoisotopic (exact) mass is 532 g/mol. The number of piperidine rings is 1. The van der Waals surface area contributed by atoms with Gasteiger partial charge in [-0.05, 0) is 69.1 Å². The Kier molecular flexibility index (Phi) is 9.49. The van der Waals surface area contributed by atoms with E-state index in [-0.39, 0.29) is 11.5 Å². The Morgan fingerprint density at radius 2 is 1.86 bits per heavy atom. The number of para-hydroxylation sites is 1. The fourth-order valence-corrected chi connectivity index (χ4v) is 5.76. The van der Waals surface area contributed by atoms with Crippen molar-refractivity contribution in [2.45, 2.75) is 43.7 Å². The predicted molar refractivity (Wildman–Crippen MR) is 145 cm³/mol. The lowest BCUT2D eigenvalue weighted by atomic mass is 10.1. The molecule has 1 saturated heterocycles. The van der Waals surface area contributed by atoms with Gasteiger partial charge in [-0.15, -0.1) is 0 Å². The normalized spacial score (nSPS) is 14.3. The van der Waals surface area contributed by atoms with E-state index in [1.165, 1.54) is 31.0 Å². The minimum Gasteiger partial charge on any atom is -0.355 e. The second kappa shape index (κ2) is 12.8. The van der Waals surface area contributed by atoms with Crippen molar-refractivity contribution in [3.05, 3.63) is 62.9 Å². The lowest BCUT2D eigenvalue weighted by Crippen LogP contribution is -2.37. The molecule has 35 heavy (non-hydrogen) atoms. The Hall–Kier alpha value is -2.06. The molecule has 0 bridgehead atoms. The molecular formula is C26H30Cl2N4O2S. The molecule has 0 spiro atoms. The van der Waals surface area contributed by atoms with Crippen LogP contribution in [0.25, 0.3) is 16.6 Å². The number of benzene rings is 2. The van der Waals surface area contributed by atoms with Gasteiger partial charge in [0.1, 0.15) is 0 Å². The number of amides is 1. The summed E-state index contributed by atoms with van der Waals surface area (Å²) in [4.78, 5) is 32.7. The van der Waals surface area contributed by atoms with Gasteiger partial charge in [0.25, 0.3) is 5.56 Å². The maximum Gasteiger partial charge on any atom is 0.266 e. The van der Waals surface area contributed by atoms with Crippen LogP contribution in [-0.2, 0) is 4.79 Å². The van der Waals surface area contributed by atoms with Crippen LogP contribution in [0.1, 0.15) is 38.5 Å². The molecule has 0 unspecified atom stereocenters. The van der Waals surface area contributed by atoms with Crippen molar-refractivity contribution >= 4 is 51.8 Å². The summed E-state index contributed by atoms with van der Waals surface area (Å²) in [6.07, 6.45) is 5.95. The molecule has 9 heteroatoms. The summed E-state index contributed by atoms with van der Waals surface area (Å²) < 4.78 is 1.55. The number of nitrogens with one attached hydrogen (secondary N) is 1. The van der Waals surface area contributed by atoms with E-state index >= 15 is 0 Å². The van der Waals surface area contributed by atoms with E-state index in [1.807, 2.05) is 18.2 Å². The smallest absolute Gasteiger partial charge is 0.266 e. The molecule has 1 N–H and O–H groups in total. The number of carbonyl (C=O) groups excluding carboxylic acids is 1. The third-order valence-corrected chi connectivity index (χ3v) is 7.69. The van der Waals surface area contributed by atoms with Crippen molar-refractivity contribution in [3.63, 3.8) is 0 Å². The maximum atomic E-state index is 13.3. The van der Waals surface area contributed by atoms with E-state index in [4.69, 9.17) is 28.2 Å². The number of hydrogen-bond donors (Lipinski definition) is 1. The molecule has 0 saturated carbocycles. The number of aromatic nitrogens is 2. The maximum absolute atomic E-state index is 13.3. The fourth-order valence-electron chi connectivity index (χ4n) is 4.26. The molecule has 0 atom stereocenters. The van der Waals surface area contributed by atoms with Crippen molar-refractivity contribution in [3.8, 4) is 5.69 Å². The molecule has 1 aliphatic rings. The van der Waals surface area contributed by atoms with E-state index < -0.39 is 0 Å². The van der Waals surface area contributed by atoms with Gasteiger partial charge in [0.15, 0.2) is 5.16 Å². The van der Waals surface area contributed by atoms with Gasteiger partial charge >= 0.3 is 0 Å². The highest BCUT2D eigenvalue weighted by molar-refractivity contribution is 7.99. The zero-order valence-corrected chi connectivity index (χ0v) is 22.0. The highest BCUT2D eigenvalue weighted by Crippen LogP contribution is 2.28. The number of unbranched alkanes of at least 4 members (excludes halogenated alkanes) is 1. The molecule has 0 radical (unpaired) electrons. The summed E-state index contributed by atoms with van der Waals surface area (Å²) in [5, 5.41) is 5.03. The van der Waals surface area contributed by atoms with Gasteiger partial charge in [-0.1, -0.05) is 53.5 Å². The zero-order valence-electron chi connectivity index (χ0n) is 19.6. The summed E-state index contributed by atoms with van der Waals surface area (Å²) in [5.74, 6) is 0.831. The number of rotatable bonds is 10. The van der Waals surface area contributed by atoms with Crippen LogP contribution < -0.4 is 10.9 Å². The molecule has 1 fully saturated rings. The number of nitrogens with zero attached hydrogens (tertiary/aromatic N) is 3. The van der Waals surface area contributed by atoms with Gasteiger partial charge < -0.3 is 10.2 Å². The zero-order chi connectivity index (χ0) is 24.6. The van der Waals surface area contributed by atoms with Crippen LogP contribution in [0, 0.1) is 0 Å². The minimum absolute atomic E-state index is 0.0979. The number of carbonyl (C=O) groups is 1. The van der Waals surface area contributed by atoms with Crippen molar-refractivity contribution in [1.29, 1.82) is 0 Å². The average molecular weight is 534 g/mol. The number of thioether (sulfide) groups is 1. The molecule has 1 aromatic heterocycles. The van der Waals surface area contributed by atoms with Gasteiger partial charge in [-0.3, -0.25) is 14.2 Å². The van der Waals surface area contributed by atoms with Crippen molar-refractivity contribution < 1.29 is 4.79 Å². The topological polar surface area (TPSA) is 67.2 Å². The van der Waals surface area contributed by atoms with Crippen LogP contribution >= 0.6 is 35.0 Å². The van der Waals surface area contributed by atoms with E-state index in [0.29, 0.717) is 44.8 Å². The number of fused-ring (bicyclic) bond motifs is 1. The average Bonchev–Trinajstić information content (AvgIpc) is 2.85. The fraction of sp³-hybridized carbons (Fsp3) is 0.423. The molecular weight excluding hydrogens is 503 g/mol. The third-order valence-electron chi connectivity index (χ3n) is 6.12. The van der Waals surface area contributed by atoms with Gasteiger partial charge in [0, 0.05) is 30.3 Å². The van der Waals surface area contributed by atoms with Gasteiger partial charge in [-0.25, -0.2) is 4.98 Å². The molecule has 2 heterocycles. The SMILES string of the molecule is O=C(CCCCSc1nc2ccccc2c(=O)n1-c1ccc(Cl)cc1Cl)NCCN1CCCCC1. The summed E-state index contributed by atoms with van der Waals surface area (Å²) in [5.41, 5.74) is 1.03. The minimum atomic E-state index is -0.171. The van der Waals surface area contributed by atoms with Crippen LogP contribution in [0.15, 0.2) is 52.4 Å². The summed E-state index contributed by atoms with van der Waals surface area (Å²) in [6.45, 7) is 3.92. The third kappa shape index (κ3) is 7.00. The standard InChI is InChI=1S/C26H30Cl2N4O2S/c27-19-11-12-23(21(28)18-19)32-25(34)20-8-2-3-9-22(20)30-26(32)35-17-7-4-10-24(33)29-13-16-31-14-5-1-6-15-31/h2-3,8-9,11-12,18H,1,4-7,10,13-17H2,(H,29,33). The summed E-state index contributed by atoms with van der Waals surface area (Å²) in [7, 11) is 0. The van der Waals surface area contributed by atoms with E-state index in [2.05, 4.69) is 10.2 Å². The first-order valence-corrected chi connectivity index (χ1v) is 13.9. The first-order chi connectivity index (χ1) is 17.0. The second-order valence-corrected chi connectivity index (χ2v) is 10.6. The van der Waals surface area contributed by atoms with Gasteiger partial charge in [0.2, 0.25) is 5.91 Å². The Labute approximate surface area is 220 Å². The quantitative estimate of drug-likeness (QED) is 0.210. The largest absolute Gasteiger partial charge is 0.355 e. The molecule has 0 aliphatic carbocycles. The Morgan fingerprint density at radius 1 is 1.06 bits per heavy atom. The Morgan fingerprint density at radius 3 is 2.66 bits per heavy atom. The highest BCUT2D eigenvalue weighted by Gasteiger charge is 2.16. The van der Waals surface area contributed by atoms with Crippen LogP contribution in [0.5, 0.6) is 0 Å². The van der Waals surface area contributed by atoms with Crippen LogP contribution in [0.4, 0.5) is 0 Å². The molecule has 2 aromatic carbocycles.